The number of hydrogen-bond acceptors (Lipinski definition) is 3. The van der Waals surface area contributed by atoms with Gasteiger partial charge >= 0.3 is 0 Å². The summed E-state index contributed by atoms with van der Waals surface area (Å²) in [6.45, 7) is -0.0521. The molecule has 1 unspecified atom stereocenters. The Hall–Kier alpha value is -2.99. The summed E-state index contributed by atoms with van der Waals surface area (Å²) in [7, 11) is 0. The van der Waals surface area contributed by atoms with E-state index in [4.69, 9.17) is 0 Å². The maximum atomic E-state index is 13.8. The summed E-state index contributed by atoms with van der Waals surface area (Å²) in [5.41, 5.74) is 1.36. The Labute approximate surface area is 144 Å². The third-order valence-electron chi connectivity index (χ3n) is 3.85. The molecule has 128 valence electrons. The van der Waals surface area contributed by atoms with Crippen LogP contribution in [0.4, 0.5) is 4.39 Å². The van der Waals surface area contributed by atoms with Crippen LogP contribution in [0.1, 0.15) is 28.5 Å². The van der Waals surface area contributed by atoms with Gasteiger partial charge in [-0.05, 0) is 30.2 Å². The average molecular weight is 339 g/mol. The Morgan fingerprint density at radius 3 is 2.56 bits per heavy atom. The zero-order valence-electron chi connectivity index (χ0n) is 13.5. The second-order valence-corrected chi connectivity index (χ2v) is 5.55. The van der Waals surface area contributed by atoms with E-state index in [1.807, 2.05) is 30.3 Å². The molecule has 5 nitrogen and oxygen atoms in total. The van der Waals surface area contributed by atoms with Gasteiger partial charge < -0.3 is 10.4 Å². The van der Waals surface area contributed by atoms with Crippen molar-refractivity contribution in [2.24, 2.45) is 0 Å². The van der Waals surface area contributed by atoms with Crippen LogP contribution in [0, 0.1) is 5.82 Å². The summed E-state index contributed by atoms with van der Waals surface area (Å²) in [4.78, 5) is 12.5. The van der Waals surface area contributed by atoms with Crippen molar-refractivity contribution in [3.05, 3.63) is 83.9 Å². The number of carbonyl (C=O) groups excluding carboxylic acids is 1. The summed E-state index contributed by atoms with van der Waals surface area (Å²) in [5.74, 6) is -0.794. The van der Waals surface area contributed by atoms with E-state index < -0.39 is 5.82 Å². The van der Waals surface area contributed by atoms with E-state index in [-0.39, 0.29) is 29.9 Å². The molecule has 0 saturated carbocycles. The van der Waals surface area contributed by atoms with Gasteiger partial charge in [0.1, 0.15) is 11.5 Å². The van der Waals surface area contributed by atoms with Crippen molar-refractivity contribution in [3.63, 3.8) is 0 Å². The van der Waals surface area contributed by atoms with E-state index in [1.165, 1.54) is 23.0 Å². The zero-order valence-corrected chi connectivity index (χ0v) is 13.5. The molecule has 3 aromatic rings. The molecule has 0 aliphatic rings. The Kier molecular flexibility index (Phi) is 5.20. The van der Waals surface area contributed by atoms with E-state index in [0.717, 1.165) is 5.56 Å². The fourth-order valence-corrected chi connectivity index (χ4v) is 2.59. The molecule has 3 rings (SSSR count). The van der Waals surface area contributed by atoms with Crippen molar-refractivity contribution in [2.75, 3.05) is 6.61 Å². The summed E-state index contributed by atoms with van der Waals surface area (Å²) in [6.07, 6.45) is 1.93. The first kappa shape index (κ1) is 16.9. The molecule has 1 amide bonds. The highest BCUT2D eigenvalue weighted by molar-refractivity contribution is 5.92. The minimum Gasteiger partial charge on any atom is -0.396 e. The molecule has 0 radical (unpaired) electrons. The number of amides is 1. The lowest BCUT2D eigenvalue weighted by atomic mass is 10.0. The van der Waals surface area contributed by atoms with Crippen LogP contribution in [0.15, 0.2) is 66.9 Å². The fourth-order valence-electron chi connectivity index (χ4n) is 2.59. The maximum absolute atomic E-state index is 13.8. The highest BCUT2D eigenvalue weighted by Gasteiger charge is 2.17. The minimum absolute atomic E-state index is 0.0521. The number of carbonyl (C=O) groups is 1. The van der Waals surface area contributed by atoms with Gasteiger partial charge in [0.25, 0.3) is 5.91 Å². The van der Waals surface area contributed by atoms with Crippen LogP contribution in [-0.2, 0) is 0 Å². The molecule has 1 heterocycles. The van der Waals surface area contributed by atoms with Gasteiger partial charge in [-0.1, -0.05) is 42.5 Å². The van der Waals surface area contributed by atoms with Gasteiger partial charge in [-0.25, -0.2) is 9.07 Å². The van der Waals surface area contributed by atoms with Crippen LogP contribution in [-0.4, -0.2) is 27.4 Å². The van der Waals surface area contributed by atoms with Crippen molar-refractivity contribution in [3.8, 4) is 5.69 Å². The summed E-state index contributed by atoms with van der Waals surface area (Å²) < 4.78 is 15.2. The number of nitrogens with one attached hydrogen (secondary N) is 1. The number of aromatic nitrogens is 2. The van der Waals surface area contributed by atoms with Gasteiger partial charge in [0.05, 0.1) is 6.04 Å². The Balaban J connectivity index is 1.78. The first-order valence-corrected chi connectivity index (χ1v) is 7.96. The molecule has 0 spiro atoms. The number of benzene rings is 2. The van der Waals surface area contributed by atoms with Crippen LogP contribution in [0.5, 0.6) is 0 Å². The molecule has 0 fully saturated rings. The lowest BCUT2D eigenvalue weighted by molar-refractivity contribution is 0.0924. The number of hydrogen-bond donors (Lipinski definition) is 2. The molecule has 1 atom stereocenters. The fraction of sp³-hybridized carbons (Fsp3) is 0.158. The van der Waals surface area contributed by atoms with Gasteiger partial charge in [0.2, 0.25) is 0 Å². The van der Waals surface area contributed by atoms with Gasteiger partial charge in [-0.2, -0.15) is 5.10 Å². The van der Waals surface area contributed by atoms with Crippen LogP contribution >= 0.6 is 0 Å². The first-order valence-electron chi connectivity index (χ1n) is 7.96. The molecule has 1 aromatic heterocycles. The monoisotopic (exact) mass is 339 g/mol. The zero-order chi connectivity index (χ0) is 17.6. The third-order valence-corrected chi connectivity index (χ3v) is 3.85. The average Bonchev–Trinajstić information content (AvgIpc) is 3.12. The lowest BCUT2D eigenvalue weighted by Crippen LogP contribution is -2.29. The summed E-state index contributed by atoms with van der Waals surface area (Å²) >= 11 is 0. The molecule has 0 bridgehead atoms. The molecular formula is C19H18FN3O2. The van der Waals surface area contributed by atoms with Gasteiger partial charge in [-0.3, -0.25) is 4.79 Å². The van der Waals surface area contributed by atoms with Gasteiger partial charge in [0.15, 0.2) is 5.69 Å². The van der Waals surface area contributed by atoms with Crippen molar-refractivity contribution in [1.29, 1.82) is 0 Å². The highest BCUT2D eigenvalue weighted by atomic mass is 19.1. The number of para-hydroxylation sites is 1. The molecule has 25 heavy (non-hydrogen) atoms. The Bertz CT molecular complexity index is 849. The largest absolute Gasteiger partial charge is 0.396 e. The molecule has 6 heteroatoms. The number of nitrogens with zero attached hydrogens (tertiary/aromatic N) is 2. The number of aliphatic hydroxyl groups is 1. The standard InChI is InChI=1S/C19H18FN3O2/c20-15-8-4-5-9-18(15)23-12-10-17(22-23)19(25)21-16(11-13-24)14-6-2-1-3-7-14/h1-10,12,16,24H,11,13H2,(H,21,25). The van der Waals surface area contributed by atoms with Gasteiger partial charge in [0, 0.05) is 12.8 Å². The van der Waals surface area contributed by atoms with Crippen molar-refractivity contribution < 1.29 is 14.3 Å². The number of rotatable bonds is 6. The quantitative estimate of drug-likeness (QED) is 0.726. The Morgan fingerprint density at radius 2 is 1.84 bits per heavy atom. The van der Waals surface area contributed by atoms with Crippen LogP contribution < -0.4 is 5.32 Å². The highest BCUT2D eigenvalue weighted by Crippen LogP contribution is 2.17. The van der Waals surface area contributed by atoms with E-state index in [2.05, 4.69) is 10.4 Å². The van der Waals surface area contributed by atoms with E-state index >= 15 is 0 Å². The van der Waals surface area contributed by atoms with E-state index in [9.17, 15) is 14.3 Å². The van der Waals surface area contributed by atoms with Crippen LogP contribution in [0.3, 0.4) is 0 Å². The second-order valence-electron chi connectivity index (χ2n) is 5.55. The maximum Gasteiger partial charge on any atom is 0.272 e. The van der Waals surface area contributed by atoms with Crippen LogP contribution in [0.25, 0.3) is 5.69 Å². The molecule has 0 aliphatic carbocycles. The van der Waals surface area contributed by atoms with Crippen LogP contribution in [0.2, 0.25) is 0 Å². The molecule has 0 aliphatic heterocycles. The normalized spacial score (nSPS) is 11.9. The minimum atomic E-state index is -0.417. The van der Waals surface area contributed by atoms with E-state index in [1.54, 1.807) is 18.2 Å². The topological polar surface area (TPSA) is 67.2 Å². The van der Waals surface area contributed by atoms with Crippen molar-refractivity contribution in [1.82, 2.24) is 15.1 Å². The van der Waals surface area contributed by atoms with Crippen molar-refractivity contribution >= 4 is 5.91 Å². The molecular weight excluding hydrogens is 321 g/mol. The molecule has 2 N–H and O–H groups in total. The summed E-state index contributed by atoms with van der Waals surface area (Å²) in [6, 6.07) is 16.8. The van der Waals surface area contributed by atoms with Gasteiger partial charge in [-0.15, -0.1) is 0 Å². The SMILES string of the molecule is O=C(NC(CCO)c1ccccc1)c1ccn(-c2ccccc2F)n1. The predicted octanol–water partition coefficient (Wildman–Crippen LogP) is 2.86. The summed E-state index contributed by atoms with van der Waals surface area (Å²) in [5, 5.41) is 16.3. The predicted molar refractivity (Wildman–Crippen MR) is 91.9 cm³/mol. The number of halogens is 1. The second kappa shape index (κ2) is 7.72. The lowest BCUT2D eigenvalue weighted by Gasteiger charge is -2.17. The first-order chi connectivity index (χ1) is 12.2. The number of aliphatic hydroxyl groups excluding tert-OH is 1. The Morgan fingerprint density at radius 1 is 1.12 bits per heavy atom. The smallest absolute Gasteiger partial charge is 0.272 e. The third kappa shape index (κ3) is 3.92. The molecule has 2 aromatic carbocycles. The van der Waals surface area contributed by atoms with Crippen molar-refractivity contribution in [2.45, 2.75) is 12.5 Å². The molecule has 0 saturated heterocycles. The van der Waals surface area contributed by atoms with E-state index in [0.29, 0.717) is 6.42 Å².